The minimum atomic E-state index is -0.158. The van der Waals surface area contributed by atoms with Crippen molar-refractivity contribution in [1.29, 1.82) is 0 Å². The monoisotopic (exact) mass is 361 g/mol. The summed E-state index contributed by atoms with van der Waals surface area (Å²) < 4.78 is 10.4. The summed E-state index contributed by atoms with van der Waals surface area (Å²) in [7, 11) is 1.63. The number of carbonyl (C=O) groups excluding carboxylic acids is 1. The van der Waals surface area contributed by atoms with E-state index in [4.69, 9.17) is 9.47 Å². The zero-order chi connectivity index (χ0) is 17.5. The third kappa shape index (κ3) is 5.01. The Labute approximate surface area is 151 Å². The Kier molecular flexibility index (Phi) is 6.38. The van der Waals surface area contributed by atoms with Gasteiger partial charge < -0.3 is 14.8 Å². The lowest BCUT2D eigenvalue weighted by Gasteiger charge is -2.20. The van der Waals surface area contributed by atoms with Crippen LogP contribution in [0.25, 0.3) is 0 Å². The molecule has 1 aliphatic rings. The lowest BCUT2D eigenvalue weighted by atomic mass is 9.97. The predicted octanol–water partition coefficient (Wildman–Crippen LogP) is 2.89. The highest BCUT2D eigenvalue weighted by Crippen LogP contribution is 2.31. The maximum atomic E-state index is 12.4. The molecule has 7 heteroatoms. The number of aromatic nitrogens is 1. The van der Waals surface area contributed by atoms with Gasteiger partial charge in [-0.3, -0.25) is 10.1 Å². The van der Waals surface area contributed by atoms with Gasteiger partial charge in [-0.25, -0.2) is 4.98 Å². The summed E-state index contributed by atoms with van der Waals surface area (Å²) in [6.45, 7) is 3.11. The molecule has 1 aromatic heterocycles. The van der Waals surface area contributed by atoms with Crippen LogP contribution in [0, 0.1) is 0 Å². The number of nitrogens with zero attached hydrogens (tertiary/aromatic N) is 1. The number of nitrogens with one attached hydrogen (secondary N) is 2. The quantitative estimate of drug-likeness (QED) is 0.742. The van der Waals surface area contributed by atoms with E-state index in [0.29, 0.717) is 29.8 Å². The summed E-state index contributed by atoms with van der Waals surface area (Å²) in [5.41, 5.74) is 0.581. The zero-order valence-corrected chi connectivity index (χ0v) is 15.1. The zero-order valence-electron chi connectivity index (χ0n) is 14.3. The second-order valence-electron chi connectivity index (χ2n) is 5.91. The van der Waals surface area contributed by atoms with Gasteiger partial charge in [0.15, 0.2) is 5.13 Å². The van der Waals surface area contributed by atoms with Crippen LogP contribution < -0.4 is 15.4 Å². The van der Waals surface area contributed by atoms with Gasteiger partial charge in [-0.1, -0.05) is 0 Å². The van der Waals surface area contributed by atoms with Crippen molar-refractivity contribution in [2.45, 2.75) is 18.8 Å². The van der Waals surface area contributed by atoms with Gasteiger partial charge in [0.05, 0.1) is 6.61 Å². The molecule has 0 aliphatic carbocycles. The van der Waals surface area contributed by atoms with Crippen molar-refractivity contribution >= 4 is 22.4 Å². The Hall–Kier alpha value is -1.96. The number of piperidine rings is 1. The highest BCUT2D eigenvalue weighted by molar-refractivity contribution is 7.15. The average molecular weight is 361 g/mol. The van der Waals surface area contributed by atoms with E-state index in [-0.39, 0.29) is 5.91 Å². The first-order chi connectivity index (χ1) is 12.3. The van der Waals surface area contributed by atoms with E-state index in [0.717, 1.165) is 31.7 Å². The Morgan fingerprint density at radius 1 is 1.28 bits per heavy atom. The van der Waals surface area contributed by atoms with Crippen LogP contribution in [0.1, 0.15) is 34.0 Å². The number of carbonyl (C=O) groups is 1. The standard InChI is InChI=1S/C18H23N3O3S/c1-23-10-11-24-15-4-2-14(3-5-15)17(22)21-18-20-12-16(25-18)13-6-8-19-9-7-13/h2-5,12-13,19H,6-11H2,1H3,(H,20,21,22). The number of thiazole rings is 1. The van der Waals surface area contributed by atoms with Crippen molar-refractivity contribution in [3.8, 4) is 5.75 Å². The average Bonchev–Trinajstić information content (AvgIpc) is 3.12. The number of ether oxygens (including phenoxy) is 2. The Balaban J connectivity index is 1.55. The molecule has 0 bridgehead atoms. The molecule has 1 fully saturated rings. The molecule has 2 N–H and O–H groups in total. The molecule has 0 unspecified atom stereocenters. The molecule has 1 saturated heterocycles. The summed E-state index contributed by atoms with van der Waals surface area (Å²) >= 11 is 1.57. The Morgan fingerprint density at radius 2 is 2.04 bits per heavy atom. The fraction of sp³-hybridized carbons (Fsp3) is 0.444. The third-order valence-corrected chi connectivity index (χ3v) is 5.23. The number of rotatable bonds is 7. The lowest BCUT2D eigenvalue weighted by Crippen LogP contribution is -2.26. The Bertz CT molecular complexity index is 681. The first kappa shape index (κ1) is 17.8. The van der Waals surface area contributed by atoms with Gasteiger partial charge in [0.2, 0.25) is 0 Å². The molecule has 2 heterocycles. The predicted molar refractivity (Wildman–Crippen MR) is 98.7 cm³/mol. The van der Waals surface area contributed by atoms with E-state index in [2.05, 4.69) is 15.6 Å². The second kappa shape index (κ2) is 8.94. The molecule has 2 aromatic rings. The summed E-state index contributed by atoms with van der Waals surface area (Å²) in [4.78, 5) is 18.0. The molecule has 1 aliphatic heterocycles. The highest BCUT2D eigenvalue weighted by Gasteiger charge is 2.18. The SMILES string of the molecule is COCCOc1ccc(C(=O)Nc2ncc(C3CCNCC3)s2)cc1. The van der Waals surface area contributed by atoms with Crippen molar-refractivity contribution in [2.75, 3.05) is 38.7 Å². The molecule has 1 aromatic carbocycles. The molecular formula is C18H23N3O3S. The van der Waals surface area contributed by atoms with Crippen LogP contribution in [0.2, 0.25) is 0 Å². The molecule has 6 nitrogen and oxygen atoms in total. The minimum absolute atomic E-state index is 0.158. The fourth-order valence-corrected chi connectivity index (χ4v) is 3.73. The van der Waals surface area contributed by atoms with Crippen molar-refractivity contribution < 1.29 is 14.3 Å². The van der Waals surface area contributed by atoms with Crippen LogP contribution in [0.3, 0.4) is 0 Å². The van der Waals surface area contributed by atoms with Gasteiger partial charge in [-0.05, 0) is 56.1 Å². The number of anilines is 1. The summed E-state index contributed by atoms with van der Waals surface area (Å²) in [5, 5.41) is 6.90. The largest absolute Gasteiger partial charge is 0.491 e. The van der Waals surface area contributed by atoms with Crippen LogP contribution in [-0.2, 0) is 4.74 Å². The topological polar surface area (TPSA) is 72.5 Å². The number of methoxy groups -OCH3 is 1. The van der Waals surface area contributed by atoms with Gasteiger partial charge in [0, 0.05) is 23.7 Å². The van der Waals surface area contributed by atoms with Crippen LogP contribution in [-0.4, -0.2) is 44.3 Å². The van der Waals surface area contributed by atoms with Crippen molar-refractivity contribution in [3.05, 3.63) is 40.9 Å². The van der Waals surface area contributed by atoms with E-state index in [1.165, 1.54) is 4.88 Å². The molecular weight excluding hydrogens is 338 g/mol. The summed E-state index contributed by atoms with van der Waals surface area (Å²) in [5.74, 6) is 1.11. The van der Waals surface area contributed by atoms with E-state index in [1.807, 2.05) is 6.20 Å². The number of hydrogen-bond acceptors (Lipinski definition) is 6. The summed E-state index contributed by atoms with van der Waals surface area (Å²) in [6.07, 6.45) is 4.14. The molecule has 0 spiro atoms. The van der Waals surface area contributed by atoms with Gasteiger partial charge in [0.25, 0.3) is 5.91 Å². The molecule has 25 heavy (non-hydrogen) atoms. The van der Waals surface area contributed by atoms with Crippen LogP contribution in [0.5, 0.6) is 5.75 Å². The molecule has 0 saturated carbocycles. The van der Waals surface area contributed by atoms with E-state index < -0.39 is 0 Å². The molecule has 1 amide bonds. The number of benzene rings is 1. The van der Waals surface area contributed by atoms with Gasteiger partial charge in [0.1, 0.15) is 12.4 Å². The molecule has 134 valence electrons. The maximum Gasteiger partial charge on any atom is 0.257 e. The first-order valence-corrected chi connectivity index (χ1v) is 9.27. The minimum Gasteiger partial charge on any atom is -0.491 e. The van der Waals surface area contributed by atoms with E-state index in [9.17, 15) is 4.79 Å². The first-order valence-electron chi connectivity index (χ1n) is 8.46. The fourth-order valence-electron chi connectivity index (χ4n) is 2.75. The number of amides is 1. The lowest BCUT2D eigenvalue weighted by molar-refractivity contribution is 0.102. The summed E-state index contributed by atoms with van der Waals surface area (Å²) in [6, 6.07) is 7.07. The van der Waals surface area contributed by atoms with Gasteiger partial charge in [-0.2, -0.15) is 0 Å². The van der Waals surface area contributed by atoms with Crippen molar-refractivity contribution in [2.24, 2.45) is 0 Å². The molecule has 0 atom stereocenters. The van der Waals surface area contributed by atoms with Crippen LogP contribution in [0.15, 0.2) is 30.5 Å². The van der Waals surface area contributed by atoms with E-state index in [1.54, 1.807) is 42.7 Å². The molecule has 3 rings (SSSR count). The Morgan fingerprint density at radius 3 is 2.76 bits per heavy atom. The number of hydrogen-bond donors (Lipinski definition) is 2. The highest BCUT2D eigenvalue weighted by atomic mass is 32.1. The van der Waals surface area contributed by atoms with Gasteiger partial charge in [-0.15, -0.1) is 11.3 Å². The maximum absolute atomic E-state index is 12.4. The van der Waals surface area contributed by atoms with Crippen molar-refractivity contribution in [1.82, 2.24) is 10.3 Å². The van der Waals surface area contributed by atoms with E-state index >= 15 is 0 Å². The smallest absolute Gasteiger partial charge is 0.257 e. The third-order valence-electron chi connectivity index (χ3n) is 4.16. The van der Waals surface area contributed by atoms with Gasteiger partial charge >= 0.3 is 0 Å². The molecule has 0 radical (unpaired) electrons. The van der Waals surface area contributed by atoms with Crippen molar-refractivity contribution in [3.63, 3.8) is 0 Å². The van der Waals surface area contributed by atoms with Crippen LogP contribution >= 0.6 is 11.3 Å². The van der Waals surface area contributed by atoms with Crippen LogP contribution in [0.4, 0.5) is 5.13 Å². The second-order valence-corrected chi connectivity index (χ2v) is 6.97. The normalized spacial score (nSPS) is 15.1.